The molecular weight excluding hydrogens is 392 g/mol. The van der Waals surface area contributed by atoms with Gasteiger partial charge in [0.1, 0.15) is 16.5 Å². The number of alkyl halides is 2. The Morgan fingerprint density at radius 1 is 1.39 bits per heavy atom. The van der Waals surface area contributed by atoms with E-state index in [1.807, 2.05) is 0 Å². The van der Waals surface area contributed by atoms with Gasteiger partial charge in [-0.15, -0.1) is 11.3 Å². The van der Waals surface area contributed by atoms with Crippen molar-refractivity contribution < 1.29 is 23.0 Å². The van der Waals surface area contributed by atoms with Crippen molar-refractivity contribution in [1.82, 2.24) is 4.57 Å². The van der Waals surface area contributed by atoms with Crippen LogP contribution in [0.4, 0.5) is 8.78 Å². The first-order valence-corrected chi connectivity index (χ1v) is 8.88. The van der Waals surface area contributed by atoms with Crippen LogP contribution in [-0.2, 0) is 16.1 Å². The summed E-state index contributed by atoms with van der Waals surface area (Å²) in [5.74, 6) is -0.936. The molecule has 0 aliphatic heterocycles. The Kier molecular flexibility index (Phi) is 7.43. The van der Waals surface area contributed by atoms with Gasteiger partial charge in [-0.2, -0.15) is 14.0 Å². The van der Waals surface area contributed by atoms with E-state index in [4.69, 9.17) is 10.5 Å². The Morgan fingerprint density at radius 2 is 2.07 bits per heavy atom. The van der Waals surface area contributed by atoms with Gasteiger partial charge in [-0.25, -0.2) is 0 Å². The predicted octanol–water partition coefficient (Wildman–Crippen LogP) is 0.536. The number of aromatic nitrogens is 1. The zero-order valence-electron chi connectivity index (χ0n) is 14.9. The minimum atomic E-state index is -2.93. The first-order chi connectivity index (χ1) is 13.4. The van der Waals surface area contributed by atoms with Crippen LogP contribution in [0.25, 0.3) is 11.6 Å². The van der Waals surface area contributed by atoms with Crippen molar-refractivity contribution in [2.75, 3.05) is 13.7 Å². The van der Waals surface area contributed by atoms with E-state index >= 15 is 0 Å². The standard InChI is InChI=1S/C18H17F2N3O4S/c1-26-8-2-7-23-16(25)14(28-17(23)13(10-21)15(22)24)9-11-3-5-12(6-4-11)27-18(19)20/h3-6,9,18H,2,7-8H2,1H3,(H2,22,24)/b14-9-,17-13+. The monoisotopic (exact) mass is 409 g/mol. The summed E-state index contributed by atoms with van der Waals surface area (Å²) in [5.41, 5.74) is 5.12. The number of methoxy groups -OCH3 is 1. The summed E-state index contributed by atoms with van der Waals surface area (Å²) in [6.07, 6.45) is 2.03. The number of thiazole rings is 1. The number of hydrogen-bond acceptors (Lipinski definition) is 6. The second kappa shape index (κ2) is 9.77. The molecule has 0 saturated carbocycles. The number of benzene rings is 1. The minimum Gasteiger partial charge on any atom is -0.435 e. The molecule has 1 aromatic heterocycles. The molecule has 1 heterocycles. The van der Waals surface area contributed by atoms with Crippen molar-refractivity contribution in [3.8, 4) is 11.8 Å². The summed E-state index contributed by atoms with van der Waals surface area (Å²) < 4.78 is 35.4. The molecule has 2 aromatic rings. The van der Waals surface area contributed by atoms with Crippen LogP contribution in [0.1, 0.15) is 12.0 Å². The highest BCUT2D eigenvalue weighted by molar-refractivity contribution is 7.07. The van der Waals surface area contributed by atoms with Crippen LogP contribution in [-0.4, -0.2) is 30.8 Å². The van der Waals surface area contributed by atoms with Gasteiger partial charge in [-0.3, -0.25) is 14.2 Å². The highest BCUT2D eigenvalue weighted by atomic mass is 32.1. The number of nitrogens with two attached hydrogens (primary N) is 1. The number of carbonyl (C=O) groups is 1. The summed E-state index contributed by atoms with van der Waals surface area (Å²) in [6, 6.07) is 7.45. The Morgan fingerprint density at radius 3 is 2.61 bits per heavy atom. The maximum absolute atomic E-state index is 12.7. The average molecular weight is 409 g/mol. The Balaban J connectivity index is 2.56. The summed E-state index contributed by atoms with van der Waals surface area (Å²) in [6.45, 7) is -2.29. The molecule has 10 heteroatoms. The van der Waals surface area contributed by atoms with Gasteiger partial charge in [-0.05, 0) is 30.2 Å². The van der Waals surface area contributed by atoms with Crippen LogP contribution in [0.3, 0.4) is 0 Å². The molecule has 0 aliphatic carbocycles. The van der Waals surface area contributed by atoms with Crippen LogP contribution >= 0.6 is 11.3 Å². The van der Waals surface area contributed by atoms with E-state index in [1.165, 1.54) is 42.0 Å². The maximum Gasteiger partial charge on any atom is 0.387 e. The van der Waals surface area contributed by atoms with Gasteiger partial charge in [0, 0.05) is 20.3 Å². The zero-order chi connectivity index (χ0) is 20.7. The molecule has 0 saturated heterocycles. The topological polar surface area (TPSA) is 107 Å². The summed E-state index contributed by atoms with van der Waals surface area (Å²) in [4.78, 5) is 24.3. The molecule has 0 bridgehead atoms. The lowest BCUT2D eigenvalue weighted by Crippen LogP contribution is -2.34. The van der Waals surface area contributed by atoms with Crippen LogP contribution in [0.5, 0.6) is 5.75 Å². The van der Waals surface area contributed by atoms with Crippen LogP contribution < -0.4 is 25.2 Å². The lowest BCUT2D eigenvalue weighted by Gasteiger charge is -2.03. The third kappa shape index (κ3) is 5.25. The van der Waals surface area contributed by atoms with E-state index in [2.05, 4.69) is 4.74 Å². The van der Waals surface area contributed by atoms with E-state index in [-0.39, 0.29) is 27.1 Å². The quantitative estimate of drug-likeness (QED) is 0.641. The number of carbonyl (C=O) groups excluding carboxylic acids is 1. The van der Waals surface area contributed by atoms with Gasteiger partial charge in [0.25, 0.3) is 11.5 Å². The molecular formula is C18H17F2N3O4S. The molecule has 2 N–H and O–H groups in total. The molecule has 2 rings (SSSR count). The Bertz CT molecular complexity index is 1050. The molecule has 7 nitrogen and oxygen atoms in total. The van der Waals surface area contributed by atoms with Crippen molar-refractivity contribution in [3.05, 3.63) is 49.4 Å². The van der Waals surface area contributed by atoms with Crippen molar-refractivity contribution >= 4 is 28.9 Å². The molecule has 0 fully saturated rings. The average Bonchev–Trinajstić information content (AvgIpc) is 2.93. The molecule has 148 valence electrons. The number of nitrogens with zero attached hydrogens (tertiary/aromatic N) is 2. The molecule has 1 aromatic carbocycles. The third-order valence-corrected chi connectivity index (χ3v) is 4.74. The largest absolute Gasteiger partial charge is 0.435 e. The Labute approximate surface area is 162 Å². The number of nitriles is 1. The van der Waals surface area contributed by atoms with Gasteiger partial charge >= 0.3 is 6.61 Å². The fourth-order valence-electron chi connectivity index (χ4n) is 2.38. The number of primary amides is 1. The summed E-state index contributed by atoms with van der Waals surface area (Å²) in [5, 5.41) is 9.23. The first kappa shape index (κ1) is 21.3. The number of hydrogen-bond donors (Lipinski definition) is 1. The number of rotatable bonds is 8. The van der Waals surface area contributed by atoms with E-state index in [1.54, 1.807) is 6.07 Å². The van der Waals surface area contributed by atoms with Gasteiger partial charge in [-0.1, -0.05) is 12.1 Å². The highest BCUT2D eigenvalue weighted by Crippen LogP contribution is 2.15. The molecule has 1 amide bonds. The number of ether oxygens (including phenoxy) is 2. The minimum absolute atomic E-state index is 0.00942. The predicted molar refractivity (Wildman–Crippen MR) is 99.2 cm³/mol. The number of amides is 1. The van der Waals surface area contributed by atoms with Crippen LogP contribution in [0.2, 0.25) is 0 Å². The van der Waals surface area contributed by atoms with Crippen molar-refractivity contribution in [3.63, 3.8) is 0 Å². The Hall–Kier alpha value is -3.03. The lowest BCUT2D eigenvalue weighted by molar-refractivity contribution is -0.112. The second-order valence-electron chi connectivity index (χ2n) is 5.52. The molecule has 0 radical (unpaired) electrons. The summed E-state index contributed by atoms with van der Waals surface area (Å²) in [7, 11) is 1.52. The highest BCUT2D eigenvalue weighted by Gasteiger charge is 2.13. The maximum atomic E-state index is 12.7. The van der Waals surface area contributed by atoms with E-state index in [9.17, 15) is 23.6 Å². The summed E-state index contributed by atoms with van der Waals surface area (Å²) >= 11 is 0.957. The van der Waals surface area contributed by atoms with Crippen molar-refractivity contribution in [2.45, 2.75) is 19.6 Å². The van der Waals surface area contributed by atoms with Gasteiger partial charge in [0.2, 0.25) is 0 Å². The molecule has 0 aliphatic rings. The van der Waals surface area contributed by atoms with Crippen molar-refractivity contribution in [1.29, 1.82) is 5.26 Å². The fourth-order valence-corrected chi connectivity index (χ4v) is 3.51. The normalized spacial score (nSPS) is 12.8. The second-order valence-corrected chi connectivity index (χ2v) is 6.55. The van der Waals surface area contributed by atoms with Gasteiger partial charge in [0.05, 0.1) is 4.53 Å². The van der Waals surface area contributed by atoms with Crippen LogP contribution in [0.15, 0.2) is 29.1 Å². The molecule has 0 spiro atoms. The van der Waals surface area contributed by atoms with E-state index in [0.29, 0.717) is 18.6 Å². The SMILES string of the molecule is COCCCn1c(=O)/c(=C/c2ccc(OC(F)F)cc2)s/c1=C(\C#N)C(N)=O. The third-order valence-electron chi connectivity index (χ3n) is 3.61. The van der Waals surface area contributed by atoms with Gasteiger partial charge < -0.3 is 15.2 Å². The lowest BCUT2D eigenvalue weighted by atomic mass is 10.2. The van der Waals surface area contributed by atoms with Crippen LogP contribution in [0, 0.1) is 11.3 Å². The first-order valence-electron chi connectivity index (χ1n) is 8.06. The number of halogens is 2. The fraction of sp³-hybridized carbons (Fsp3) is 0.278. The molecule has 0 atom stereocenters. The van der Waals surface area contributed by atoms with E-state index < -0.39 is 18.1 Å². The van der Waals surface area contributed by atoms with Crippen molar-refractivity contribution in [2.24, 2.45) is 5.73 Å². The molecule has 28 heavy (non-hydrogen) atoms. The zero-order valence-corrected chi connectivity index (χ0v) is 15.7. The van der Waals surface area contributed by atoms with Gasteiger partial charge in [0.15, 0.2) is 5.57 Å². The van der Waals surface area contributed by atoms with E-state index in [0.717, 1.165) is 11.3 Å². The molecule has 0 unspecified atom stereocenters. The smallest absolute Gasteiger partial charge is 0.387 e.